The van der Waals surface area contributed by atoms with Gasteiger partial charge in [-0.05, 0) is 44.7 Å². The van der Waals surface area contributed by atoms with Crippen molar-refractivity contribution in [3.63, 3.8) is 0 Å². The Kier molecular flexibility index (Phi) is 4.78. The van der Waals surface area contributed by atoms with Gasteiger partial charge in [-0.15, -0.1) is 0 Å². The second kappa shape index (κ2) is 6.34. The first-order chi connectivity index (χ1) is 8.72. The summed E-state index contributed by atoms with van der Waals surface area (Å²) in [6.45, 7) is 7.12. The van der Waals surface area contributed by atoms with E-state index in [9.17, 15) is 0 Å². The van der Waals surface area contributed by atoms with Crippen LogP contribution in [0.15, 0.2) is 6.07 Å². The van der Waals surface area contributed by atoms with E-state index in [1.807, 2.05) is 11.7 Å². The third-order valence-corrected chi connectivity index (χ3v) is 3.71. The first kappa shape index (κ1) is 13.6. The second-order valence-corrected chi connectivity index (χ2v) is 5.22. The van der Waals surface area contributed by atoms with Gasteiger partial charge in [-0.3, -0.25) is 4.68 Å². The van der Waals surface area contributed by atoms with Crippen LogP contribution in [0, 0.1) is 12.8 Å². The van der Waals surface area contributed by atoms with Crippen molar-refractivity contribution >= 4 is 0 Å². The van der Waals surface area contributed by atoms with E-state index in [0.29, 0.717) is 12.0 Å². The number of aromatic nitrogens is 2. The van der Waals surface area contributed by atoms with E-state index in [1.165, 1.54) is 5.69 Å². The molecule has 0 amide bonds. The maximum atomic E-state index is 5.48. The summed E-state index contributed by atoms with van der Waals surface area (Å²) in [4.78, 5) is 0. The highest BCUT2D eigenvalue weighted by atomic mass is 16.5. The molecule has 1 aliphatic heterocycles. The lowest BCUT2D eigenvalue weighted by Crippen LogP contribution is -2.33. The minimum atomic E-state index is 0.417. The average molecular weight is 251 g/mol. The Balaban J connectivity index is 2.15. The number of nitrogens with one attached hydrogen (secondary N) is 1. The Morgan fingerprint density at radius 1 is 1.50 bits per heavy atom. The van der Waals surface area contributed by atoms with Gasteiger partial charge in [0.25, 0.3) is 0 Å². The van der Waals surface area contributed by atoms with E-state index in [2.05, 4.69) is 30.3 Å². The molecule has 1 fully saturated rings. The van der Waals surface area contributed by atoms with Gasteiger partial charge in [-0.25, -0.2) is 0 Å². The number of hydrogen-bond acceptors (Lipinski definition) is 3. The van der Waals surface area contributed by atoms with Crippen molar-refractivity contribution in [3.8, 4) is 0 Å². The normalized spacial score (nSPS) is 19.1. The smallest absolute Gasteiger partial charge is 0.0597 e. The van der Waals surface area contributed by atoms with Crippen LogP contribution in [0.1, 0.15) is 43.6 Å². The summed E-state index contributed by atoms with van der Waals surface area (Å²) in [5, 5.41) is 8.17. The van der Waals surface area contributed by atoms with Gasteiger partial charge in [0, 0.05) is 20.3 Å². The molecule has 1 unspecified atom stereocenters. The fourth-order valence-corrected chi connectivity index (χ4v) is 2.78. The molecule has 2 heterocycles. The van der Waals surface area contributed by atoms with Gasteiger partial charge in [-0.2, -0.15) is 5.10 Å². The zero-order valence-electron chi connectivity index (χ0n) is 11.8. The first-order valence-corrected chi connectivity index (χ1v) is 7.04. The van der Waals surface area contributed by atoms with Crippen LogP contribution in [0.3, 0.4) is 0 Å². The van der Waals surface area contributed by atoms with Crippen molar-refractivity contribution in [1.29, 1.82) is 0 Å². The third-order valence-electron chi connectivity index (χ3n) is 3.71. The number of hydrogen-bond donors (Lipinski definition) is 1. The van der Waals surface area contributed by atoms with Gasteiger partial charge in [-0.1, -0.05) is 6.92 Å². The molecule has 0 bridgehead atoms. The highest BCUT2D eigenvalue weighted by molar-refractivity contribution is 5.14. The van der Waals surface area contributed by atoms with Crippen LogP contribution >= 0.6 is 0 Å². The number of ether oxygens (including phenoxy) is 1. The van der Waals surface area contributed by atoms with Crippen molar-refractivity contribution in [3.05, 3.63) is 17.5 Å². The van der Waals surface area contributed by atoms with Gasteiger partial charge >= 0.3 is 0 Å². The summed E-state index contributed by atoms with van der Waals surface area (Å²) in [6, 6.07) is 2.63. The van der Waals surface area contributed by atoms with E-state index >= 15 is 0 Å². The summed E-state index contributed by atoms with van der Waals surface area (Å²) in [7, 11) is 2.04. The molecular weight excluding hydrogens is 226 g/mol. The highest BCUT2D eigenvalue weighted by Gasteiger charge is 2.27. The Labute approximate surface area is 110 Å². The van der Waals surface area contributed by atoms with Gasteiger partial charge in [0.2, 0.25) is 0 Å². The van der Waals surface area contributed by atoms with E-state index in [4.69, 9.17) is 4.74 Å². The quantitative estimate of drug-likeness (QED) is 0.872. The minimum absolute atomic E-state index is 0.417. The molecule has 0 saturated carbocycles. The molecular formula is C14H25N3O. The van der Waals surface area contributed by atoms with E-state index < -0.39 is 0 Å². The van der Waals surface area contributed by atoms with Crippen LogP contribution in [-0.4, -0.2) is 29.5 Å². The van der Waals surface area contributed by atoms with Crippen molar-refractivity contribution in [2.45, 2.75) is 39.2 Å². The van der Waals surface area contributed by atoms with Crippen LogP contribution in [-0.2, 0) is 11.8 Å². The zero-order valence-corrected chi connectivity index (χ0v) is 11.8. The molecule has 18 heavy (non-hydrogen) atoms. The first-order valence-electron chi connectivity index (χ1n) is 7.04. The maximum Gasteiger partial charge on any atom is 0.0597 e. The maximum absolute atomic E-state index is 5.48. The van der Waals surface area contributed by atoms with Crippen LogP contribution in [0.2, 0.25) is 0 Å². The van der Waals surface area contributed by atoms with Gasteiger partial charge in [0.1, 0.15) is 0 Å². The van der Waals surface area contributed by atoms with Crippen LogP contribution in [0.4, 0.5) is 0 Å². The number of rotatable bonds is 5. The average Bonchev–Trinajstić information content (AvgIpc) is 2.70. The summed E-state index contributed by atoms with van der Waals surface area (Å²) in [5.41, 5.74) is 2.41. The molecule has 1 aliphatic rings. The van der Waals surface area contributed by atoms with Crippen molar-refractivity contribution in [2.24, 2.45) is 13.0 Å². The standard InChI is InChI=1S/C14H25N3O/c1-4-7-15-14(12-5-8-18-9-6-12)13-10-11(2)16-17(13)3/h10,12,14-15H,4-9H2,1-3H3. The molecule has 4 heteroatoms. The van der Waals surface area contributed by atoms with Gasteiger partial charge < -0.3 is 10.1 Å². The fourth-order valence-electron chi connectivity index (χ4n) is 2.78. The predicted octanol–water partition coefficient (Wildman–Crippen LogP) is 2.20. The van der Waals surface area contributed by atoms with E-state index in [1.54, 1.807) is 0 Å². The molecule has 1 N–H and O–H groups in total. The topological polar surface area (TPSA) is 39.1 Å². The Morgan fingerprint density at radius 3 is 2.78 bits per heavy atom. The molecule has 1 saturated heterocycles. The van der Waals surface area contributed by atoms with E-state index in [0.717, 1.165) is 44.7 Å². The van der Waals surface area contributed by atoms with Crippen LogP contribution in [0.5, 0.6) is 0 Å². The molecule has 0 aromatic carbocycles. The second-order valence-electron chi connectivity index (χ2n) is 5.22. The molecule has 0 spiro atoms. The Bertz CT molecular complexity index is 369. The molecule has 1 aromatic rings. The van der Waals surface area contributed by atoms with Crippen LogP contribution in [0.25, 0.3) is 0 Å². The van der Waals surface area contributed by atoms with Crippen molar-refractivity contribution in [2.75, 3.05) is 19.8 Å². The molecule has 2 rings (SSSR count). The Hall–Kier alpha value is -0.870. The monoisotopic (exact) mass is 251 g/mol. The summed E-state index contributed by atoms with van der Waals surface area (Å²) < 4.78 is 7.50. The summed E-state index contributed by atoms with van der Waals surface area (Å²) in [5.74, 6) is 0.667. The molecule has 0 aliphatic carbocycles. The number of aryl methyl sites for hydroxylation is 2. The zero-order chi connectivity index (χ0) is 13.0. The molecule has 102 valence electrons. The minimum Gasteiger partial charge on any atom is -0.381 e. The molecule has 1 aromatic heterocycles. The van der Waals surface area contributed by atoms with Gasteiger partial charge in [0.15, 0.2) is 0 Å². The molecule has 0 radical (unpaired) electrons. The van der Waals surface area contributed by atoms with E-state index in [-0.39, 0.29) is 0 Å². The lowest BCUT2D eigenvalue weighted by Gasteiger charge is -2.31. The van der Waals surface area contributed by atoms with Crippen LogP contribution < -0.4 is 5.32 Å². The Morgan fingerprint density at radius 2 is 2.22 bits per heavy atom. The van der Waals surface area contributed by atoms with Crippen molar-refractivity contribution in [1.82, 2.24) is 15.1 Å². The fraction of sp³-hybridized carbons (Fsp3) is 0.786. The largest absolute Gasteiger partial charge is 0.381 e. The molecule has 1 atom stereocenters. The summed E-state index contributed by atoms with van der Waals surface area (Å²) in [6.07, 6.45) is 3.45. The molecule has 4 nitrogen and oxygen atoms in total. The lowest BCUT2D eigenvalue weighted by atomic mass is 9.89. The lowest BCUT2D eigenvalue weighted by molar-refractivity contribution is 0.0526. The summed E-state index contributed by atoms with van der Waals surface area (Å²) >= 11 is 0. The highest BCUT2D eigenvalue weighted by Crippen LogP contribution is 2.30. The van der Waals surface area contributed by atoms with Crippen molar-refractivity contribution < 1.29 is 4.74 Å². The SMILES string of the molecule is CCCNC(c1cc(C)nn1C)C1CCOCC1. The number of nitrogens with zero attached hydrogens (tertiary/aromatic N) is 2. The third kappa shape index (κ3) is 3.12. The van der Waals surface area contributed by atoms with Gasteiger partial charge in [0.05, 0.1) is 17.4 Å². The predicted molar refractivity (Wildman–Crippen MR) is 72.5 cm³/mol.